The second kappa shape index (κ2) is 8.53. The summed E-state index contributed by atoms with van der Waals surface area (Å²) in [6.07, 6.45) is 4.36. The van der Waals surface area contributed by atoms with E-state index in [1.54, 1.807) is 30.5 Å². The first-order chi connectivity index (χ1) is 12.7. The van der Waals surface area contributed by atoms with Crippen molar-refractivity contribution < 1.29 is 19.1 Å². The monoisotopic (exact) mass is 348 g/mol. The summed E-state index contributed by atoms with van der Waals surface area (Å²) in [5.74, 6) is -1.00. The Balaban J connectivity index is 1.44. The first-order valence-corrected chi connectivity index (χ1v) is 8.01. The molecule has 0 atom stereocenters. The lowest BCUT2D eigenvalue weighted by molar-refractivity contribution is -0.138. The zero-order valence-corrected chi connectivity index (χ0v) is 13.9. The van der Waals surface area contributed by atoms with Crippen LogP contribution in [0.3, 0.4) is 0 Å². The Labute approximate surface area is 150 Å². The first kappa shape index (κ1) is 17.3. The fourth-order valence-electron chi connectivity index (χ4n) is 2.19. The summed E-state index contributed by atoms with van der Waals surface area (Å²) < 4.78 is 10.0. The number of hydrogen-bond donors (Lipinski definition) is 0. The molecule has 0 unspecified atom stereocenters. The molecule has 0 spiro atoms. The van der Waals surface area contributed by atoms with E-state index in [2.05, 4.69) is 9.97 Å². The summed E-state index contributed by atoms with van der Waals surface area (Å²) in [6, 6.07) is 16.1. The van der Waals surface area contributed by atoms with Crippen LogP contribution in [0.15, 0.2) is 66.9 Å². The van der Waals surface area contributed by atoms with Crippen LogP contribution in [-0.2, 0) is 14.3 Å². The SMILES string of the molecule is O=C(/C=C/c1cnc2ccccc2n1)OCCOC(=O)c1ccccc1. The molecule has 0 aliphatic rings. The molecule has 0 saturated carbocycles. The molecule has 3 rings (SSSR count). The van der Waals surface area contributed by atoms with Crippen LogP contribution in [-0.4, -0.2) is 35.1 Å². The van der Waals surface area contributed by atoms with Crippen LogP contribution in [0.1, 0.15) is 16.1 Å². The number of para-hydroxylation sites is 2. The fraction of sp³-hybridized carbons (Fsp3) is 0.100. The minimum absolute atomic E-state index is 0.0108. The van der Waals surface area contributed by atoms with E-state index in [1.807, 2.05) is 30.3 Å². The van der Waals surface area contributed by atoms with Gasteiger partial charge in [-0.1, -0.05) is 30.3 Å². The Kier molecular flexibility index (Phi) is 5.67. The van der Waals surface area contributed by atoms with Gasteiger partial charge in [0.2, 0.25) is 0 Å². The van der Waals surface area contributed by atoms with Gasteiger partial charge < -0.3 is 9.47 Å². The van der Waals surface area contributed by atoms with Gasteiger partial charge in [-0.25, -0.2) is 14.6 Å². The third-order valence-corrected chi connectivity index (χ3v) is 3.43. The summed E-state index contributed by atoms with van der Waals surface area (Å²) >= 11 is 0. The molecule has 0 saturated heterocycles. The third-order valence-electron chi connectivity index (χ3n) is 3.43. The molecule has 0 radical (unpaired) electrons. The molecular weight excluding hydrogens is 332 g/mol. The molecule has 6 nitrogen and oxygen atoms in total. The van der Waals surface area contributed by atoms with E-state index in [4.69, 9.17) is 9.47 Å². The summed E-state index contributed by atoms with van der Waals surface area (Å²) in [5, 5.41) is 0. The molecule has 2 aromatic carbocycles. The Morgan fingerprint density at radius 3 is 2.38 bits per heavy atom. The van der Waals surface area contributed by atoms with E-state index in [0.717, 1.165) is 11.0 Å². The number of aromatic nitrogens is 2. The molecule has 0 aliphatic carbocycles. The number of carbonyl (C=O) groups excluding carboxylic acids is 2. The molecule has 6 heteroatoms. The average Bonchev–Trinajstić information content (AvgIpc) is 2.70. The van der Waals surface area contributed by atoms with E-state index >= 15 is 0 Å². The van der Waals surface area contributed by atoms with Crippen LogP contribution in [0.5, 0.6) is 0 Å². The van der Waals surface area contributed by atoms with Crippen molar-refractivity contribution in [2.75, 3.05) is 13.2 Å². The number of ether oxygens (including phenoxy) is 2. The fourth-order valence-corrected chi connectivity index (χ4v) is 2.19. The van der Waals surface area contributed by atoms with Gasteiger partial charge in [-0.3, -0.25) is 4.98 Å². The van der Waals surface area contributed by atoms with Gasteiger partial charge in [-0.15, -0.1) is 0 Å². The number of carbonyl (C=O) groups is 2. The van der Waals surface area contributed by atoms with Crippen molar-refractivity contribution in [3.05, 3.63) is 78.1 Å². The van der Waals surface area contributed by atoms with Crippen molar-refractivity contribution >= 4 is 29.0 Å². The lowest BCUT2D eigenvalue weighted by atomic mass is 10.2. The molecule has 130 valence electrons. The summed E-state index contributed by atoms with van der Waals surface area (Å²) in [6.45, 7) is -0.0335. The number of nitrogens with zero attached hydrogens (tertiary/aromatic N) is 2. The van der Waals surface area contributed by atoms with Gasteiger partial charge in [0.05, 0.1) is 28.5 Å². The molecule has 0 N–H and O–H groups in total. The normalized spacial score (nSPS) is 10.8. The summed E-state index contributed by atoms with van der Waals surface area (Å²) in [4.78, 5) is 32.0. The van der Waals surface area contributed by atoms with Crippen molar-refractivity contribution in [1.82, 2.24) is 9.97 Å². The molecule has 1 heterocycles. The number of esters is 2. The molecule has 3 aromatic rings. The van der Waals surface area contributed by atoms with Gasteiger partial charge in [0, 0.05) is 6.08 Å². The highest BCUT2D eigenvalue weighted by Crippen LogP contribution is 2.09. The maximum Gasteiger partial charge on any atom is 0.338 e. The third kappa shape index (κ3) is 4.73. The van der Waals surface area contributed by atoms with Gasteiger partial charge in [0.25, 0.3) is 0 Å². The van der Waals surface area contributed by atoms with Gasteiger partial charge in [0.15, 0.2) is 0 Å². The smallest absolute Gasteiger partial charge is 0.338 e. The van der Waals surface area contributed by atoms with Gasteiger partial charge in [-0.2, -0.15) is 0 Å². The van der Waals surface area contributed by atoms with Crippen LogP contribution in [0.4, 0.5) is 0 Å². The van der Waals surface area contributed by atoms with Crippen molar-refractivity contribution in [2.45, 2.75) is 0 Å². The first-order valence-electron chi connectivity index (χ1n) is 8.01. The maximum absolute atomic E-state index is 11.7. The zero-order chi connectivity index (χ0) is 18.2. The average molecular weight is 348 g/mol. The van der Waals surface area contributed by atoms with Gasteiger partial charge >= 0.3 is 11.9 Å². The lowest BCUT2D eigenvalue weighted by Crippen LogP contribution is -2.12. The van der Waals surface area contributed by atoms with Crippen LogP contribution in [0.2, 0.25) is 0 Å². The number of rotatable bonds is 6. The lowest BCUT2D eigenvalue weighted by Gasteiger charge is -2.05. The van der Waals surface area contributed by atoms with Crippen molar-refractivity contribution in [1.29, 1.82) is 0 Å². The Morgan fingerprint density at radius 1 is 0.885 bits per heavy atom. The van der Waals surface area contributed by atoms with E-state index < -0.39 is 11.9 Å². The highest BCUT2D eigenvalue weighted by atomic mass is 16.6. The number of benzene rings is 2. The largest absolute Gasteiger partial charge is 0.459 e. The van der Waals surface area contributed by atoms with Crippen LogP contribution >= 0.6 is 0 Å². The van der Waals surface area contributed by atoms with Gasteiger partial charge in [-0.05, 0) is 30.3 Å². The zero-order valence-electron chi connectivity index (χ0n) is 13.9. The molecule has 1 aromatic heterocycles. The van der Waals surface area contributed by atoms with Crippen molar-refractivity contribution in [3.63, 3.8) is 0 Å². The van der Waals surface area contributed by atoms with E-state index in [9.17, 15) is 9.59 Å². The molecule has 0 amide bonds. The highest BCUT2D eigenvalue weighted by Gasteiger charge is 2.06. The highest BCUT2D eigenvalue weighted by molar-refractivity contribution is 5.89. The van der Waals surface area contributed by atoms with E-state index in [1.165, 1.54) is 12.2 Å². The van der Waals surface area contributed by atoms with Crippen LogP contribution in [0, 0.1) is 0 Å². The predicted octanol–water partition coefficient (Wildman–Crippen LogP) is 3.04. The molecular formula is C20H16N2O4. The second-order valence-corrected chi connectivity index (χ2v) is 5.29. The second-order valence-electron chi connectivity index (χ2n) is 5.29. The summed E-state index contributed by atoms with van der Waals surface area (Å²) in [7, 11) is 0. The Hall–Kier alpha value is -3.54. The summed E-state index contributed by atoms with van der Waals surface area (Å²) in [5.41, 5.74) is 2.54. The topological polar surface area (TPSA) is 78.4 Å². The van der Waals surface area contributed by atoms with E-state index in [0.29, 0.717) is 11.3 Å². The Bertz CT molecular complexity index is 939. The predicted molar refractivity (Wildman–Crippen MR) is 96.3 cm³/mol. The standard InChI is InChI=1S/C20H16N2O4/c23-19(25-12-13-26-20(24)15-6-2-1-3-7-15)11-10-16-14-21-17-8-4-5-9-18(17)22-16/h1-11,14H,12-13H2/b11-10+. The molecule has 0 aliphatic heterocycles. The maximum atomic E-state index is 11.7. The van der Waals surface area contributed by atoms with Gasteiger partial charge in [0.1, 0.15) is 13.2 Å². The van der Waals surface area contributed by atoms with E-state index in [-0.39, 0.29) is 13.2 Å². The van der Waals surface area contributed by atoms with Crippen molar-refractivity contribution in [3.8, 4) is 0 Å². The quantitative estimate of drug-likeness (QED) is 0.387. The van der Waals surface area contributed by atoms with Crippen LogP contribution in [0.25, 0.3) is 17.1 Å². The molecule has 26 heavy (non-hydrogen) atoms. The molecule has 0 bridgehead atoms. The minimum atomic E-state index is -0.546. The van der Waals surface area contributed by atoms with Crippen LogP contribution < -0.4 is 0 Å². The minimum Gasteiger partial charge on any atom is -0.459 e. The molecule has 0 fully saturated rings. The number of fused-ring (bicyclic) bond motifs is 1. The van der Waals surface area contributed by atoms with Crippen molar-refractivity contribution in [2.24, 2.45) is 0 Å². The number of hydrogen-bond acceptors (Lipinski definition) is 6. The Morgan fingerprint density at radius 2 is 1.58 bits per heavy atom.